The molecular weight excluding hydrogens is 244 g/mol. The first-order valence-electron chi connectivity index (χ1n) is 5.73. The zero-order chi connectivity index (χ0) is 13.6. The second-order valence-electron chi connectivity index (χ2n) is 4.25. The van der Waals surface area contributed by atoms with Gasteiger partial charge in [0.15, 0.2) is 0 Å². The lowest BCUT2D eigenvalue weighted by Crippen LogP contribution is -2.25. The van der Waals surface area contributed by atoms with E-state index in [0.29, 0.717) is 11.3 Å². The molecule has 1 aliphatic carbocycles. The number of nitrogens with zero attached hydrogens (tertiary/aromatic N) is 2. The molecule has 0 fully saturated rings. The van der Waals surface area contributed by atoms with E-state index < -0.39 is 0 Å². The van der Waals surface area contributed by atoms with Crippen molar-refractivity contribution in [3.8, 4) is 5.75 Å². The second kappa shape index (κ2) is 3.98. The van der Waals surface area contributed by atoms with E-state index in [4.69, 9.17) is 4.74 Å². The monoisotopic (exact) mass is 254 g/mol. The Labute approximate surface area is 109 Å². The van der Waals surface area contributed by atoms with Crippen molar-refractivity contribution in [1.82, 2.24) is 9.97 Å². The molecule has 1 aliphatic rings. The largest absolute Gasteiger partial charge is 0.496 e. The van der Waals surface area contributed by atoms with Crippen molar-refractivity contribution in [3.63, 3.8) is 0 Å². The van der Waals surface area contributed by atoms with Crippen LogP contribution in [0.4, 0.5) is 0 Å². The highest BCUT2D eigenvalue weighted by molar-refractivity contribution is 6.28. The summed E-state index contributed by atoms with van der Waals surface area (Å²) in [4.78, 5) is 32.9. The van der Waals surface area contributed by atoms with Gasteiger partial charge in [0.25, 0.3) is 0 Å². The van der Waals surface area contributed by atoms with Crippen molar-refractivity contribution in [2.75, 3.05) is 7.11 Å². The van der Waals surface area contributed by atoms with E-state index in [-0.39, 0.29) is 28.5 Å². The Balaban J connectivity index is 2.36. The quantitative estimate of drug-likeness (QED) is 0.659. The van der Waals surface area contributed by atoms with Crippen LogP contribution in [0.5, 0.6) is 5.75 Å². The third kappa shape index (κ3) is 1.48. The summed E-state index contributed by atoms with van der Waals surface area (Å²) in [5, 5.41) is 0. The highest BCUT2D eigenvalue weighted by Gasteiger charge is 2.35. The van der Waals surface area contributed by atoms with Crippen LogP contribution in [-0.2, 0) is 0 Å². The van der Waals surface area contributed by atoms with E-state index >= 15 is 0 Å². The third-order valence-corrected chi connectivity index (χ3v) is 3.18. The van der Waals surface area contributed by atoms with Gasteiger partial charge in [0, 0.05) is 12.4 Å². The molecular formula is C14H10N2O3. The first-order chi connectivity index (χ1) is 9.15. The number of hydrogen-bond donors (Lipinski definition) is 0. The van der Waals surface area contributed by atoms with E-state index in [1.807, 2.05) is 0 Å². The number of methoxy groups -OCH3 is 1. The number of ketones is 2. The zero-order valence-corrected chi connectivity index (χ0v) is 10.4. The average Bonchev–Trinajstić information content (AvgIpc) is 2.43. The molecule has 19 heavy (non-hydrogen) atoms. The fraction of sp³-hybridized carbons (Fsp3) is 0.143. The maximum atomic E-state index is 12.5. The standard InChI is InChI=1S/C14H10N2O3/c1-7-3-5-15-11-9(7)13(17)12-10(14(11)18)8(19-2)4-6-16-12/h3-6H,1-2H3. The molecule has 2 aromatic rings. The third-order valence-electron chi connectivity index (χ3n) is 3.18. The number of carbonyl (C=O) groups excluding carboxylic acids is 2. The molecule has 0 saturated heterocycles. The van der Waals surface area contributed by atoms with Crippen LogP contribution >= 0.6 is 0 Å². The molecule has 3 rings (SSSR count). The normalized spacial score (nSPS) is 12.9. The summed E-state index contributed by atoms with van der Waals surface area (Å²) in [7, 11) is 1.45. The van der Waals surface area contributed by atoms with Crippen LogP contribution in [0.15, 0.2) is 24.5 Å². The van der Waals surface area contributed by atoms with Gasteiger partial charge in [0.1, 0.15) is 17.1 Å². The van der Waals surface area contributed by atoms with E-state index in [2.05, 4.69) is 9.97 Å². The molecule has 0 unspecified atom stereocenters. The topological polar surface area (TPSA) is 69.2 Å². The van der Waals surface area contributed by atoms with Crippen LogP contribution in [0.25, 0.3) is 0 Å². The minimum atomic E-state index is -0.321. The summed E-state index contributed by atoms with van der Waals surface area (Å²) in [5.41, 5.74) is 1.55. The molecule has 0 aromatic carbocycles. The summed E-state index contributed by atoms with van der Waals surface area (Å²) in [6, 6.07) is 3.26. The molecule has 5 nitrogen and oxygen atoms in total. The second-order valence-corrected chi connectivity index (χ2v) is 4.25. The van der Waals surface area contributed by atoms with Gasteiger partial charge in [-0.2, -0.15) is 0 Å². The molecule has 0 atom stereocenters. The summed E-state index contributed by atoms with van der Waals surface area (Å²) in [5.74, 6) is -0.260. The number of rotatable bonds is 1. The van der Waals surface area contributed by atoms with Crippen LogP contribution in [-0.4, -0.2) is 28.6 Å². The SMILES string of the molecule is COc1ccnc2c1C(=O)c1nccc(C)c1C2=O. The van der Waals surface area contributed by atoms with Gasteiger partial charge in [-0.25, -0.2) is 0 Å². The van der Waals surface area contributed by atoms with Crippen molar-refractivity contribution in [1.29, 1.82) is 0 Å². The average molecular weight is 254 g/mol. The predicted octanol–water partition coefficient (Wildman–Crippen LogP) is 1.57. The van der Waals surface area contributed by atoms with E-state index in [0.717, 1.165) is 5.56 Å². The number of aryl methyl sites for hydroxylation is 1. The van der Waals surface area contributed by atoms with Crippen LogP contribution in [0.3, 0.4) is 0 Å². The van der Waals surface area contributed by atoms with Crippen LogP contribution in [0.2, 0.25) is 0 Å². The highest BCUT2D eigenvalue weighted by Crippen LogP contribution is 2.31. The molecule has 5 heteroatoms. The molecule has 0 bridgehead atoms. The molecule has 94 valence electrons. The smallest absolute Gasteiger partial charge is 0.218 e. The predicted molar refractivity (Wildman–Crippen MR) is 66.6 cm³/mol. The molecule has 0 spiro atoms. The fourth-order valence-corrected chi connectivity index (χ4v) is 2.26. The van der Waals surface area contributed by atoms with E-state index in [1.54, 1.807) is 19.1 Å². The van der Waals surface area contributed by atoms with Crippen LogP contribution in [0, 0.1) is 6.92 Å². The Kier molecular flexibility index (Phi) is 2.41. The molecule has 0 saturated carbocycles. The Morgan fingerprint density at radius 3 is 2.21 bits per heavy atom. The molecule has 0 radical (unpaired) electrons. The van der Waals surface area contributed by atoms with Gasteiger partial charge in [0.05, 0.1) is 18.2 Å². The molecule has 2 aromatic heterocycles. The van der Waals surface area contributed by atoms with Crippen molar-refractivity contribution in [2.24, 2.45) is 0 Å². The van der Waals surface area contributed by atoms with E-state index in [1.165, 1.54) is 19.5 Å². The Hall–Kier alpha value is -2.56. The lowest BCUT2D eigenvalue weighted by Gasteiger charge is -2.18. The first kappa shape index (κ1) is 11.5. The highest BCUT2D eigenvalue weighted by atomic mass is 16.5. The maximum absolute atomic E-state index is 12.5. The Morgan fingerprint density at radius 2 is 1.53 bits per heavy atom. The minimum absolute atomic E-state index is 0.132. The first-order valence-corrected chi connectivity index (χ1v) is 5.73. The van der Waals surface area contributed by atoms with Gasteiger partial charge >= 0.3 is 0 Å². The fourth-order valence-electron chi connectivity index (χ4n) is 2.26. The summed E-state index contributed by atoms with van der Waals surface area (Å²) in [6.07, 6.45) is 2.98. The summed E-state index contributed by atoms with van der Waals surface area (Å²) < 4.78 is 5.14. The van der Waals surface area contributed by atoms with E-state index in [9.17, 15) is 9.59 Å². The lowest BCUT2D eigenvalue weighted by molar-refractivity contribution is 0.0968. The Bertz CT molecular complexity index is 723. The van der Waals surface area contributed by atoms with Gasteiger partial charge in [-0.3, -0.25) is 19.6 Å². The number of ether oxygens (including phenoxy) is 1. The van der Waals surface area contributed by atoms with Gasteiger partial charge in [0.2, 0.25) is 11.6 Å². The number of fused-ring (bicyclic) bond motifs is 2. The molecule has 0 aliphatic heterocycles. The van der Waals surface area contributed by atoms with Crippen molar-refractivity contribution < 1.29 is 14.3 Å². The van der Waals surface area contributed by atoms with Gasteiger partial charge < -0.3 is 4.74 Å². The number of carbonyl (C=O) groups is 2. The molecule has 2 heterocycles. The number of pyridine rings is 2. The Morgan fingerprint density at radius 1 is 0.947 bits per heavy atom. The van der Waals surface area contributed by atoms with Crippen molar-refractivity contribution >= 4 is 11.6 Å². The van der Waals surface area contributed by atoms with Crippen LogP contribution < -0.4 is 4.74 Å². The zero-order valence-electron chi connectivity index (χ0n) is 10.4. The number of hydrogen-bond acceptors (Lipinski definition) is 5. The van der Waals surface area contributed by atoms with Crippen LogP contribution in [0.1, 0.15) is 37.7 Å². The maximum Gasteiger partial charge on any atom is 0.218 e. The molecule has 0 amide bonds. The van der Waals surface area contributed by atoms with Gasteiger partial charge in [-0.15, -0.1) is 0 Å². The summed E-state index contributed by atoms with van der Waals surface area (Å²) in [6.45, 7) is 1.77. The van der Waals surface area contributed by atoms with Crippen molar-refractivity contribution in [3.05, 3.63) is 52.6 Å². The van der Waals surface area contributed by atoms with Gasteiger partial charge in [-0.1, -0.05) is 0 Å². The van der Waals surface area contributed by atoms with Crippen molar-refractivity contribution in [2.45, 2.75) is 6.92 Å². The summed E-state index contributed by atoms with van der Waals surface area (Å²) >= 11 is 0. The molecule has 0 N–H and O–H groups in total. The minimum Gasteiger partial charge on any atom is -0.496 e. The number of aromatic nitrogens is 2. The van der Waals surface area contributed by atoms with Gasteiger partial charge in [-0.05, 0) is 24.6 Å². The lowest BCUT2D eigenvalue weighted by atomic mass is 9.87.